The molecule has 0 aliphatic carbocycles. The van der Waals surface area contributed by atoms with Crippen molar-refractivity contribution in [3.8, 4) is 11.5 Å². The van der Waals surface area contributed by atoms with Crippen LogP contribution in [0.3, 0.4) is 0 Å². The van der Waals surface area contributed by atoms with E-state index in [4.69, 9.17) is 21.1 Å². The second-order valence-corrected chi connectivity index (χ2v) is 8.21. The van der Waals surface area contributed by atoms with Gasteiger partial charge in [-0.05, 0) is 36.8 Å². The topological polar surface area (TPSA) is 56.4 Å². The van der Waals surface area contributed by atoms with Crippen LogP contribution in [0.2, 0.25) is 5.02 Å². The number of hydrogen-bond acceptors (Lipinski definition) is 3. The summed E-state index contributed by atoms with van der Waals surface area (Å²) in [6.07, 6.45) is 0. The number of fused-ring (bicyclic) bond motifs is 1. The third-order valence-electron chi connectivity index (χ3n) is 5.91. The Kier molecular flexibility index (Phi) is 6.23. The number of nitrogens with one attached hydrogen (secondary N) is 3. The molecule has 4 rings (SSSR count). The first-order valence-electron chi connectivity index (χ1n) is 10.2. The summed E-state index contributed by atoms with van der Waals surface area (Å²) in [6.45, 7) is 7.83. The summed E-state index contributed by atoms with van der Waals surface area (Å²) in [7, 11) is 0. The molecule has 0 radical (unpaired) electrons. The van der Waals surface area contributed by atoms with Crippen molar-refractivity contribution in [2.45, 2.75) is 26.1 Å². The first-order chi connectivity index (χ1) is 14.1. The van der Waals surface area contributed by atoms with Gasteiger partial charge in [-0.25, -0.2) is 0 Å². The summed E-state index contributed by atoms with van der Waals surface area (Å²) in [5, 5.41) is 3.72. The fourth-order valence-electron chi connectivity index (χ4n) is 4.04. The zero-order valence-corrected chi connectivity index (χ0v) is 17.4. The fourth-order valence-corrected chi connectivity index (χ4v) is 4.24. The highest BCUT2D eigenvalue weighted by molar-refractivity contribution is 6.31. The van der Waals surface area contributed by atoms with Gasteiger partial charge in [-0.3, -0.25) is 4.79 Å². The van der Waals surface area contributed by atoms with E-state index in [9.17, 15) is 4.79 Å². The maximum absolute atomic E-state index is 12.6. The Morgan fingerprint density at radius 2 is 1.86 bits per heavy atom. The molecule has 0 bridgehead atoms. The van der Waals surface area contributed by atoms with Crippen LogP contribution in [0.1, 0.15) is 18.1 Å². The molecule has 2 aromatic rings. The average molecular weight is 418 g/mol. The molecule has 2 aliphatic heterocycles. The molecule has 2 aromatic carbocycles. The molecule has 0 spiro atoms. The molecule has 1 fully saturated rings. The summed E-state index contributed by atoms with van der Waals surface area (Å²) in [4.78, 5) is 15.5. The lowest BCUT2D eigenvalue weighted by atomic mass is 10.1. The summed E-state index contributed by atoms with van der Waals surface area (Å²) in [5.41, 5.74) is 2.21. The standard InChI is InChI=1S/C22H26ClN3O3/c1-16(22(27)24-13-18-4-2-3-5-19(18)23)26-10-8-25(9-11-26)14-17-6-7-20-21(12-17)29-15-28-20/h2-7,12,16H,8-11,13-15H2,1H3,(H,24,27)/p+2/t16-/m1/s1. The van der Waals surface area contributed by atoms with Crippen molar-refractivity contribution >= 4 is 17.5 Å². The molecule has 7 heteroatoms. The third kappa shape index (κ3) is 4.83. The predicted molar refractivity (Wildman–Crippen MR) is 110 cm³/mol. The van der Waals surface area contributed by atoms with Crippen LogP contribution in [0.4, 0.5) is 0 Å². The van der Waals surface area contributed by atoms with E-state index in [1.165, 1.54) is 15.4 Å². The van der Waals surface area contributed by atoms with Crippen LogP contribution in [0.5, 0.6) is 11.5 Å². The van der Waals surface area contributed by atoms with Crippen LogP contribution in [0, 0.1) is 0 Å². The minimum absolute atomic E-state index is 0.0652. The van der Waals surface area contributed by atoms with E-state index in [0.29, 0.717) is 18.4 Å². The van der Waals surface area contributed by atoms with Crippen LogP contribution < -0.4 is 24.6 Å². The van der Waals surface area contributed by atoms with E-state index in [0.717, 1.165) is 49.8 Å². The number of hydrogen-bond donors (Lipinski definition) is 3. The van der Waals surface area contributed by atoms with Crippen molar-refractivity contribution in [2.75, 3.05) is 33.0 Å². The van der Waals surface area contributed by atoms with Gasteiger partial charge in [-0.1, -0.05) is 29.8 Å². The first-order valence-corrected chi connectivity index (χ1v) is 10.6. The van der Waals surface area contributed by atoms with E-state index < -0.39 is 0 Å². The molecule has 1 atom stereocenters. The van der Waals surface area contributed by atoms with Crippen LogP contribution in [0.15, 0.2) is 42.5 Å². The maximum atomic E-state index is 12.6. The Balaban J connectivity index is 1.24. The van der Waals surface area contributed by atoms with Crippen LogP contribution in [-0.4, -0.2) is 44.9 Å². The van der Waals surface area contributed by atoms with Crippen LogP contribution in [-0.2, 0) is 17.9 Å². The minimum Gasteiger partial charge on any atom is -0.454 e. The number of benzene rings is 2. The highest BCUT2D eigenvalue weighted by Crippen LogP contribution is 2.32. The number of rotatable bonds is 6. The Labute approximate surface area is 176 Å². The second kappa shape index (κ2) is 9.03. The third-order valence-corrected chi connectivity index (χ3v) is 6.28. The molecule has 29 heavy (non-hydrogen) atoms. The normalized spacial score (nSPS) is 21.6. The SMILES string of the molecule is C[C@H](C(=O)NCc1ccccc1Cl)[NH+]1CC[NH+](Cc2ccc3c(c2)OCO3)CC1. The predicted octanol–water partition coefficient (Wildman–Crippen LogP) is 0.0570. The number of halogens is 1. The molecule has 3 N–H and O–H groups in total. The number of quaternary nitrogens is 2. The van der Waals surface area contributed by atoms with Gasteiger partial charge in [0.25, 0.3) is 5.91 Å². The minimum atomic E-state index is -0.0652. The summed E-state index contributed by atoms with van der Waals surface area (Å²) in [5.74, 6) is 1.75. The largest absolute Gasteiger partial charge is 0.454 e. The van der Waals surface area contributed by atoms with Gasteiger partial charge in [0.2, 0.25) is 6.79 Å². The molecule has 1 amide bonds. The van der Waals surface area contributed by atoms with Gasteiger partial charge >= 0.3 is 0 Å². The van der Waals surface area contributed by atoms with Crippen molar-refractivity contribution in [1.82, 2.24) is 5.32 Å². The highest BCUT2D eigenvalue weighted by atomic mass is 35.5. The molecular weight excluding hydrogens is 390 g/mol. The van der Waals surface area contributed by atoms with Crippen molar-refractivity contribution in [2.24, 2.45) is 0 Å². The monoisotopic (exact) mass is 417 g/mol. The quantitative estimate of drug-likeness (QED) is 0.623. The Bertz CT molecular complexity index is 868. The van der Waals surface area contributed by atoms with E-state index in [1.54, 1.807) is 0 Å². The molecule has 0 saturated carbocycles. The zero-order chi connectivity index (χ0) is 20.2. The molecular formula is C22H28ClN3O3+2. The first kappa shape index (κ1) is 20.0. The molecule has 6 nitrogen and oxygen atoms in total. The lowest BCUT2D eigenvalue weighted by Crippen LogP contribution is -3.29. The molecule has 0 aromatic heterocycles. The second-order valence-electron chi connectivity index (χ2n) is 7.80. The lowest BCUT2D eigenvalue weighted by molar-refractivity contribution is -1.02. The van der Waals surface area contributed by atoms with Crippen molar-refractivity contribution < 1.29 is 24.1 Å². The van der Waals surface area contributed by atoms with Gasteiger partial charge in [0.1, 0.15) is 32.7 Å². The fraction of sp³-hybridized carbons (Fsp3) is 0.409. The molecule has 2 heterocycles. The zero-order valence-electron chi connectivity index (χ0n) is 16.7. The average Bonchev–Trinajstić information content (AvgIpc) is 3.21. The number of carbonyl (C=O) groups is 1. The molecule has 2 aliphatic rings. The molecule has 0 unspecified atom stereocenters. The number of amides is 1. The Morgan fingerprint density at radius 1 is 1.10 bits per heavy atom. The smallest absolute Gasteiger partial charge is 0.278 e. The van der Waals surface area contributed by atoms with Gasteiger partial charge in [0, 0.05) is 17.1 Å². The summed E-state index contributed by atoms with van der Waals surface area (Å²) < 4.78 is 10.9. The van der Waals surface area contributed by atoms with E-state index in [1.807, 2.05) is 37.3 Å². The van der Waals surface area contributed by atoms with Crippen molar-refractivity contribution in [1.29, 1.82) is 0 Å². The Hall–Kier alpha value is -2.28. The number of ether oxygens (including phenoxy) is 2. The van der Waals surface area contributed by atoms with Gasteiger partial charge in [-0.2, -0.15) is 0 Å². The van der Waals surface area contributed by atoms with Crippen molar-refractivity contribution in [3.05, 3.63) is 58.6 Å². The van der Waals surface area contributed by atoms with Gasteiger partial charge in [0.15, 0.2) is 17.5 Å². The van der Waals surface area contributed by atoms with E-state index in [2.05, 4.69) is 17.4 Å². The van der Waals surface area contributed by atoms with Gasteiger partial charge in [-0.15, -0.1) is 0 Å². The number of piperazine rings is 1. The number of carbonyl (C=O) groups excluding carboxylic acids is 1. The molecule has 154 valence electrons. The lowest BCUT2D eigenvalue weighted by Gasteiger charge is -2.32. The van der Waals surface area contributed by atoms with E-state index in [-0.39, 0.29) is 11.9 Å². The van der Waals surface area contributed by atoms with Crippen molar-refractivity contribution in [3.63, 3.8) is 0 Å². The summed E-state index contributed by atoms with van der Waals surface area (Å²) >= 11 is 6.18. The van der Waals surface area contributed by atoms with E-state index >= 15 is 0 Å². The van der Waals surface area contributed by atoms with Crippen LogP contribution in [0.25, 0.3) is 0 Å². The Morgan fingerprint density at radius 3 is 2.66 bits per heavy atom. The van der Waals surface area contributed by atoms with Gasteiger partial charge < -0.3 is 24.6 Å². The highest BCUT2D eigenvalue weighted by Gasteiger charge is 2.31. The van der Waals surface area contributed by atoms with Gasteiger partial charge in [0.05, 0.1) is 0 Å². The molecule has 1 saturated heterocycles. The maximum Gasteiger partial charge on any atom is 0.278 e. The summed E-state index contributed by atoms with van der Waals surface area (Å²) in [6, 6.07) is 13.7. The van der Waals surface area contributed by atoms with Crippen LogP contribution >= 0.6 is 11.6 Å².